The number of phenols is 1. The van der Waals surface area contributed by atoms with Gasteiger partial charge in [-0.3, -0.25) is 0 Å². The van der Waals surface area contributed by atoms with Gasteiger partial charge in [-0.1, -0.05) is 11.6 Å². The molecule has 0 fully saturated rings. The molecule has 0 amide bonds. The summed E-state index contributed by atoms with van der Waals surface area (Å²) >= 11 is 5.46. The Morgan fingerprint density at radius 1 is 1.62 bits per heavy atom. The summed E-state index contributed by atoms with van der Waals surface area (Å²) in [5, 5.41) is 8.86. The van der Waals surface area contributed by atoms with Crippen molar-refractivity contribution in [1.82, 2.24) is 0 Å². The van der Waals surface area contributed by atoms with Crippen LogP contribution in [0.4, 0.5) is 4.39 Å². The first kappa shape index (κ1) is 9.80. The van der Waals surface area contributed by atoms with E-state index in [0.29, 0.717) is 0 Å². The first-order chi connectivity index (χ1) is 6.06. The van der Waals surface area contributed by atoms with Crippen LogP contribution in [0.2, 0.25) is 5.02 Å². The van der Waals surface area contributed by atoms with E-state index < -0.39 is 17.5 Å². The van der Waals surface area contributed by atoms with Gasteiger partial charge in [0.05, 0.1) is 17.7 Å². The van der Waals surface area contributed by atoms with E-state index in [2.05, 4.69) is 4.74 Å². The lowest BCUT2D eigenvalue weighted by molar-refractivity contribution is 0.0595. The third-order valence-corrected chi connectivity index (χ3v) is 1.74. The van der Waals surface area contributed by atoms with Crippen LogP contribution in [0.3, 0.4) is 0 Å². The minimum absolute atomic E-state index is 0.0956. The topological polar surface area (TPSA) is 46.5 Å². The SMILES string of the molecule is COC(=O)c1cc(Cl)c(O)cc1F. The summed E-state index contributed by atoms with van der Waals surface area (Å²) < 4.78 is 17.2. The van der Waals surface area contributed by atoms with Crippen molar-refractivity contribution in [2.24, 2.45) is 0 Å². The standard InChI is InChI=1S/C8H6ClFO3/c1-13-8(12)4-2-5(9)7(11)3-6(4)10/h2-3,11H,1H3. The number of halogens is 2. The van der Waals surface area contributed by atoms with Gasteiger partial charge >= 0.3 is 5.97 Å². The average Bonchev–Trinajstić information content (AvgIpc) is 2.10. The smallest absolute Gasteiger partial charge is 0.340 e. The largest absolute Gasteiger partial charge is 0.506 e. The maximum absolute atomic E-state index is 12.9. The van der Waals surface area contributed by atoms with Crippen molar-refractivity contribution < 1.29 is 19.0 Å². The van der Waals surface area contributed by atoms with E-state index in [4.69, 9.17) is 16.7 Å². The number of ether oxygens (including phenoxy) is 1. The lowest BCUT2D eigenvalue weighted by atomic mass is 10.2. The zero-order valence-electron chi connectivity index (χ0n) is 6.67. The van der Waals surface area contributed by atoms with Crippen molar-refractivity contribution in [3.05, 3.63) is 28.5 Å². The number of hydrogen-bond donors (Lipinski definition) is 1. The maximum atomic E-state index is 12.9. The van der Waals surface area contributed by atoms with Crippen molar-refractivity contribution in [3.8, 4) is 5.75 Å². The van der Waals surface area contributed by atoms with Gasteiger partial charge in [0.1, 0.15) is 11.6 Å². The number of phenolic OH excluding ortho intramolecular Hbond substituents is 1. The summed E-state index contributed by atoms with van der Waals surface area (Å²) in [6.45, 7) is 0. The van der Waals surface area contributed by atoms with E-state index in [-0.39, 0.29) is 10.6 Å². The summed E-state index contributed by atoms with van der Waals surface area (Å²) in [6, 6.07) is 1.77. The molecule has 0 saturated heterocycles. The van der Waals surface area contributed by atoms with Crippen LogP contribution in [0.25, 0.3) is 0 Å². The second-order valence-electron chi connectivity index (χ2n) is 2.28. The van der Waals surface area contributed by atoms with Gasteiger partial charge in [-0.05, 0) is 6.07 Å². The number of rotatable bonds is 1. The molecule has 1 aromatic rings. The third-order valence-electron chi connectivity index (χ3n) is 1.44. The molecule has 70 valence electrons. The highest BCUT2D eigenvalue weighted by Crippen LogP contribution is 2.26. The van der Waals surface area contributed by atoms with Crippen molar-refractivity contribution in [3.63, 3.8) is 0 Å². The van der Waals surface area contributed by atoms with E-state index in [9.17, 15) is 9.18 Å². The van der Waals surface area contributed by atoms with Gasteiger partial charge in [0.15, 0.2) is 0 Å². The Bertz CT molecular complexity index is 351. The van der Waals surface area contributed by atoms with E-state index >= 15 is 0 Å². The fraction of sp³-hybridized carbons (Fsp3) is 0.125. The Morgan fingerprint density at radius 2 is 2.23 bits per heavy atom. The molecule has 13 heavy (non-hydrogen) atoms. The molecule has 0 saturated carbocycles. The van der Waals surface area contributed by atoms with Crippen LogP contribution in [-0.2, 0) is 4.74 Å². The number of benzene rings is 1. The number of aromatic hydroxyl groups is 1. The van der Waals surface area contributed by atoms with Crippen molar-refractivity contribution in [2.45, 2.75) is 0 Å². The molecule has 0 atom stereocenters. The van der Waals surface area contributed by atoms with Crippen LogP contribution in [0.5, 0.6) is 5.75 Å². The minimum atomic E-state index is -0.867. The molecule has 0 heterocycles. The monoisotopic (exact) mass is 204 g/mol. The van der Waals surface area contributed by atoms with Gasteiger partial charge in [0.25, 0.3) is 0 Å². The van der Waals surface area contributed by atoms with Gasteiger partial charge in [-0.15, -0.1) is 0 Å². The second-order valence-corrected chi connectivity index (χ2v) is 2.68. The third kappa shape index (κ3) is 1.89. The summed E-state index contributed by atoms with van der Waals surface area (Å²) in [6.07, 6.45) is 0. The molecule has 0 unspecified atom stereocenters. The fourth-order valence-electron chi connectivity index (χ4n) is 0.803. The number of carbonyl (C=O) groups is 1. The minimum Gasteiger partial charge on any atom is -0.506 e. The van der Waals surface area contributed by atoms with Crippen molar-refractivity contribution in [2.75, 3.05) is 7.11 Å². The molecular weight excluding hydrogens is 199 g/mol. The van der Waals surface area contributed by atoms with Crippen LogP contribution in [0, 0.1) is 5.82 Å². The van der Waals surface area contributed by atoms with E-state index in [0.717, 1.165) is 19.2 Å². The van der Waals surface area contributed by atoms with Crippen LogP contribution in [-0.4, -0.2) is 18.2 Å². The van der Waals surface area contributed by atoms with Gasteiger partial charge < -0.3 is 9.84 Å². The predicted octanol–water partition coefficient (Wildman–Crippen LogP) is 1.97. The molecule has 0 radical (unpaired) electrons. The highest BCUT2D eigenvalue weighted by Gasteiger charge is 2.14. The molecule has 1 rings (SSSR count). The summed E-state index contributed by atoms with van der Waals surface area (Å²) in [5.41, 5.74) is -0.301. The zero-order valence-corrected chi connectivity index (χ0v) is 7.43. The maximum Gasteiger partial charge on any atom is 0.340 e. The predicted molar refractivity (Wildman–Crippen MR) is 44.4 cm³/mol. The summed E-state index contributed by atoms with van der Waals surface area (Å²) in [4.78, 5) is 10.9. The zero-order chi connectivity index (χ0) is 10.0. The number of methoxy groups -OCH3 is 1. The molecule has 0 aromatic heterocycles. The Balaban J connectivity index is 3.23. The van der Waals surface area contributed by atoms with E-state index in [1.807, 2.05) is 0 Å². The Morgan fingerprint density at radius 3 is 2.77 bits per heavy atom. The van der Waals surface area contributed by atoms with Crippen LogP contribution < -0.4 is 0 Å². The quantitative estimate of drug-likeness (QED) is 0.712. The molecular formula is C8H6ClFO3. The molecule has 0 aliphatic carbocycles. The van der Waals surface area contributed by atoms with Gasteiger partial charge in [-0.25, -0.2) is 9.18 Å². The molecule has 0 bridgehead atoms. The van der Waals surface area contributed by atoms with Gasteiger partial charge in [-0.2, -0.15) is 0 Å². The summed E-state index contributed by atoms with van der Waals surface area (Å²) in [5.74, 6) is -2.11. The first-order valence-electron chi connectivity index (χ1n) is 3.32. The van der Waals surface area contributed by atoms with Crippen LogP contribution in [0.1, 0.15) is 10.4 Å². The number of carbonyl (C=O) groups excluding carboxylic acids is 1. The number of hydrogen-bond acceptors (Lipinski definition) is 3. The molecule has 1 N–H and O–H groups in total. The van der Waals surface area contributed by atoms with E-state index in [1.165, 1.54) is 0 Å². The number of esters is 1. The molecule has 5 heteroatoms. The van der Waals surface area contributed by atoms with Gasteiger partial charge in [0, 0.05) is 6.07 Å². The lowest BCUT2D eigenvalue weighted by Gasteiger charge is -2.02. The van der Waals surface area contributed by atoms with Gasteiger partial charge in [0.2, 0.25) is 0 Å². The van der Waals surface area contributed by atoms with Crippen molar-refractivity contribution in [1.29, 1.82) is 0 Å². The molecule has 1 aromatic carbocycles. The van der Waals surface area contributed by atoms with Crippen LogP contribution >= 0.6 is 11.6 Å². The fourth-order valence-corrected chi connectivity index (χ4v) is 0.966. The molecule has 0 aliphatic heterocycles. The van der Waals surface area contributed by atoms with Crippen molar-refractivity contribution >= 4 is 17.6 Å². The lowest BCUT2D eigenvalue weighted by Crippen LogP contribution is -2.04. The van der Waals surface area contributed by atoms with E-state index in [1.54, 1.807) is 0 Å². The Labute approximate surface area is 78.7 Å². The highest BCUT2D eigenvalue weighted by atomic mass is 35.5. The first-order valence-corrected chi connectivity index (χ1v) is 3.70. The Kier molecular flexibility index (Phi) is 2.72. The Hall–Kier alpha value is -1.29. The summed E-state index contributed by atoms with van der Waals surface area (Å²) in [7, 11) is 1.13. The van der Waals surface area contributed by atoms with Crippen LogP contribution in [0.15, 0.2) is 12.1 Å². The highest BCUT2D eigenvalue weighted by molar-refractivity contribution is 6.32. The molecule has 0 aliphatic rings. The second kappa shape index (κ2) is 3.62. The molecule has 0 spiro atoms. The molecule has 3 nitrogen and oxygen atoms in total. The normalized spacial score (nSPS) is 9.77. The average molecular weight is 205 g/mol.